The lowest BCUT2D eigenvalue weighted by Crippen LogP contribution is -2.34. The summed E-state index contributed by atoms with van der Waals surface area (Å²) in [6.07, 6.45) is 1.09. The van der Waals surface area contributed by atoms with Gasteiger partial charge in [-0.3, -0.25) is 9.89 Å². The van der Waals surface area contributed by atoms with Crippen molar-refractivity contribution in [2.24, 2.45) is 0 Å². The second-order valence-electron chi connectivity index (χ2n) is 6.42. The molecule has 0 saturated heterocycles. The minimum atomic E-state index is -0.556. The van der Waals surface area contributed by atoms with Crippen LogP contribution in [0.2, 0.25) is 0 Å². The summed E-state index contributed by atoms with van der Waals surface area (Å²) in [7, 11) is 1.65. The Balaban J connectivity index is 2.08. The number of nitrogens with zero attached hydrogens (tertiary/aromatic N) is 2. The number of aromatic nitrogens is 2. The number of carbonyl (C=O) groups excluding carboxylic acids is 2. The van der Waals surface area contributed by atoms with Crippen LogP contribution in [-0.2, 0) is 11.3 Å². The number of H-pyrrole nitrogens is 1. The van der Waals surface area contributed by atoms with E-state index in [0.29, 0.717) is 17.9 Å². The van der Waals surface area contributed by atoms with Gasteiger partial charge in [-0.05, 0) is 38.5 Å². The lowest BCUT2D eigenvalue weighted by molar-refractivity contribution is 0.0285. The van der Waals surface area contributed by atoms with Crippen molar-refractivity contribution in [1.29, 1.82) is 0 Å². The van der Waals surface area contributed by atoms with Crippen molar-refractivity contribution in [1.82, 2.24) is 15.1 Å². The topological polar surface area (TPSA) is 87.3 Å². The van der Waals surface area contributed by atoms with Crippen LogP contribution in [0.1, 0.15) is 36.8 Å². The van der Waals surface area contributed by atoms with Crippen molar-refractivity contribution in [2.75, 3.05) is 12.4 Å². The number of benzene rings is 1. The first kappa shape index (κ1) is 17.5. The van der Waals surface area contributed by atoms with Gasteiger partial charge in [-0.1, -0.05) is 18.2 Å². The van der Waals surface area contributed by atoms with Crippen LogP contribution in [0.15, 0.2) is 36.5 Å². The van der Waals surface area contributed by atoms with Gasteiger partial charge in [0, 0.05) is 18.9 Å². The number of anilines is 1. The van der Waals surface area contributed by atoms with Crippen molar-refractivity contribution >= 4 is 17.7 Å². The molecule has 0 aliphatic rings. The Kier molecular flexibility index (Phi) is 5.23. The number of carbonyl (C=O) groups is 2. The molecule has 0 aliphatic heterocycles. The Bertz CT molecular complexity index is 705. The van der Waals surface area contributed by atoms with Gasteiger partial charge in [-0.25, -0.2) is 4.79 Å². The highest BCUT2D eigenvalue weighted by molar-refractivity contribution is 6.03. The van der Waals surface area contributed by atoms with Crippen molar-refractivity contribution in [3.05, 3.63) is 47.8 Å². The van der Waals surface area contributed by atoms with Gasteiger partial charge in [0.1, 0.15) is 11.3 Å². The van der Waals surface area contributed by atoms with Gasteiger partial charge >= 0.3 is 6.09 Å². The average Bonchev–Trinajstić information content (AvgIpc) is 3.01. The molecular formula is C17H22N4O3. The number of nitrogens with one attached hydrogen (secondary N) is 2. The van der Waals surface area contributed by atoms with Crippen molar-refractivity contribution in [3.8, 4) is 0 Å². The minimum absolute atomic E-state index is 0.292. The SMILES string of the molecule is CN(Cc1ccccc1NC(=O)c1ccn[nH]1)C(=O)OC(C)(C)C. The van der Waals surface area contributed by atoms with E-state index in [0.717, 1.165) is 5.56 Å². The fourth-order valence-corrected chi connectivity index (χ4v) is 2.01. The van der Waals surface area contributed by atoms with E-state index in [9.17, 15) is 9.59 Å². The van der Waals surface area contributed by atoms with E-state index < -0.39 is 11.7 Å². The third-order valence-electron chi connectivity index (χ3n) is 3.12. The molecule has 0 bridgehead atoms. The Morgan fingerprint density at radius 3 is 2.58 bits per heavy atom. The van der Waals surface area contributed by atoms with Gasteiger partial charge in [-0.2, -0.15) is 5.10 Å². The molecule has 2 aromatic rings. The van der Waals surface area contributed by atoms with Crippen LogP contribution in [0.4, 0.5) is 10.5 Å². The Morgan fingerprint density at radius 1 is 1.25 bits per heavy atom. The van der Waals surface area contributed by atoms with E-state index in [1.165, 1.54) is 11.1 Å². The van der Waals surface area contributed by atoms with E-state index in [1.54, 1.807) is 19.2 Å². The standard InChI is InChI=1S/C17H22N4O3/c1-17(2,3)24-16(23)21(4)11-12-7-5-6-8-13(12)19-15(22)14-9-10-18-20-14/h5-10H,11H2,1-4H3,(H,18,20)(H,19,22). The van der Waals surface area contributed by atoms with Crippen molar-refractivity contribution in [3.63, 3.8) is 0 Å². The molecule has 0 radical (unpaired) electrons. The highest BCUT2D eigenvalue weighted by Gasteiger charge is 2.20. The fourth-order valence-electron chi connectivity index (χ4n) is 2.01. The largest absolute Gasteiger partial charge is 0.444 e. The van der Waals surface area contributed by atoms with Crippen LogP contribution in [0.5, 0.6) is 0 Å². The summed E-state index contributed by atoms with van der Waals surface area (Å²) in [5.74, 6) is -0.292. The normalized spacial score (nSPS) is 11.0. The molecule has 0 unspecified atom stereocenters. The molecule has 2 amide bonds. The molecule has 128 valence electrons. The predicted molar refractivity (Wildman–Crippen MR) is 90.7 cm³/mol. The zero-order valence-corrected chi connectivity index (χ0v) is 14.3. The summed E-state index contributed by atoms with van der Waals surface area (Å²) < 4.78 is 5.34. The summed E-state index contributed by atoms with van der Waals surface area (Å²) >= 11 is 0. The molecule has 1 heterocycles. The second-order valence-corrected chi connectivity index (χ2v) is 6.42. The molecule has 7 nitrogen and oxygen atoms in total. The molecule has 2 rings (SSSR count). The molecule has 0 spiro atoms. The van der Waals surface area contributed by atoms with Crippen LogP contribution in [0.3, 0.4) is 0 Å². The van der Waals surface area contributed by atoms with Gasteiger partial charge in [0.05, 0.1) is 6.54 Å². The van der Waals surface area contributed by atoms with Crippen LogP contribution in [0, 0.1) is 0 Å². The number of rotatable bonds is 4. The summed E-state index contributed by atoms with van der Waals surface area (Å²) in [6, 6.07) is 8.89. The van der Waals surface area contributed by atoms with E-state index in [1.807, 2.05) is 39.0 Å². The maximum atomic E-state index is 12.1. The van der Waals surface area contributed by atoms with Crippen LogP contribution < -0.4 is 5.32 Å². The molecule has 7 heteroatoms. The highest BCUT2D eigenvalue weighted by Crippen LogP contribution is 2.19. The molecular weight excluding hydrogens is 308 g/mol. The summed E-state index contributed by atoms with van der Waals surface area (Å²) in [5, 5.41) is 9.19. The lowest BCUT2D eigenvalue weighted by atomic mass is 10.1. The number of hydrogen-bond donors (Lipinski definition) is 2. The van der Waals surface area contributed by atoms with E-state index in [2.05, 4.69) is 15.5 Å². The number of ether oxygens (including phenoxy) is 1. The molecule has 1 aromatic carbocycles. The summed E-state index contributed by atoms with van der Waals surface area (Å²) in [6.45, 7) is 5.76. The second kappa shape index (κ2) is 7.16. The number of hydrogen-bond acceptors (Lipinski definition) is 4. The molecule has 1 aromatic heterocycles. The van der Waals surface area contributed by atoms with Crippen LogP contribution >= 0.6 is 0 Å². The zero-order valence-electron chi connectivity index (χ0n) is 14.3. The average molecular weight is 330 g/mol. The van der Waals surface area contributed by atoms with Gasteiger partial charge in [0.15, 0.2) is 0 Å². The van der Waals surface area contributed by atoms with Crippen LogP contribution in [0.25, 0.3) is 0 Å². The van der Waals surface area contributed by atoms with E-state index in [4.69, 9.17) is 4.74 Å². The zero-order chi connectivity index (χ0) is 17.7. The fraction of sp³-hybridized carbons (Fsp3) is 0.353. The Morgan fingerprint density at radius 2 is 1.96 bits per heavy atom. The van der Waals surface area contributed by atoms with E-state index >= 15 is 0 Å². The Hall–Kier alpha value is -2.83. The van der Waals surface area contributed by atoms with Crippen molar-refractivity contribution in [2.45, 2.75) is 32.9 Å². The number of amides is 2. The monoisotopic (exact) mass is 330 g/mol. The molecule has 0 atom stereocenters. The Labute approximate surface area is 141 Å². The maximum Gasteiger partial charge on any atom is 0.410 e. The lowest BCUT2D eigenvalue weighted by Gasteiger charge is -2.25. The third kappa shape index (κ3) is 4.84. The highest BCUT2D eigenvalue weighted by atomic mass is 16.6. The minimum Gasteiger partial charge on any atom is -0.444 e. The van der Waals surface area contributed by atoms with Gasteiger partial charge in [-0.15, -0.1) is 0 Å². The van der Waals surface area contributed by atoms with Gasteiger partial charge in [0.25, 0.3) is 5.91 Å². The quantitative estimate of drug-likeness (QED) is 0.902. The van der Waals surface area contributed by atoms with Gasteiger partial charge < -0.3 is 15.0 Å². The third-order valence-corrected chi connectivity index (χ3v) is 3.12. The molecule has 0 aliphatic carbocycles. The molecule has 0 fully saturated rings. The number of aromatic amines is 1. The molecule has 24 heavy (non-hydrogen) atoms. The number of para-hydroxylation sites is 1. The molecule has 2 N–H and O–H groups in total. The predicted octanol–water partition coefficient (Wildman–Crippen LogP) is 3.03. The molecule has 0 saturated carbocycles. The first-order chi connectivity index (χ1) is 11.3. The summed E-state index contributed by atoms with van der Waals surface area (Å²) in [5.41, 5.74) is 1.25. The maximum absolute atomic E-state index is 12.1. The van der Waals surface area contributed by atoms with Crippen molar-refractivity contribution < 1.29 is 14.3 Å². The first-order valence-electron chi connectivity index (χ1n) is 7.59. The van der Waals surface area contributed by atoms with E-state index in [-0.39, 0.29) is 5.91 Å². The first-order valence-corrected chi connectivity index (χ1v) is 7.59. The van der Waals surface area contributed by atoms with Gasteiger partial charge in [0.2, 0.25) is 0 Å². The summed E-state index contributed by atoms with van der Waals surface area (Å²) in [4.78, 5) is 25.7. The van der Waals surface area contributed by atoms with Crippen LogP contribution in [-0.4, -0.2) is 39.7 Å². The smallest absolute Gasteiger partial charge is 0.410 e.